The summed E-state index contributed by atoms with van der Waals surface area (Å²) in [6.07, 6.45) is 20.7. The predicted octanol–water partition coefficient (Wildman–Crippen LogP) is 6.23. The molecule has 0 N–H and O–H groups in total. The van der Waals surface area contributed by atoms with Crippen LogP contribution < -0.4 is 0 Å². The largest absolute Gasteiger partial charge is 0.366 e. The van der Waals surface area contributed by atoms with Crippen molar-refractivity contribution in [1.29, 1.82) is 0 Å². The molecule has 4 bridgehead atoms. The zero-order valence-electron chi connectivity index (χ0n) is 16.9. The molecule has 7 rings (SSSR count). The summed E-state index contributed by atoms with van der Waals surface area (Å²) >= 11 is 0. The topological polar surface area (TPSA) is 9.23 Å². The SMILES string of the molecule is CC(C)C1CC2CCCCC2C2OC3(C=CC12)C1CC2CC(C1)CC3C2. The van der Waals surface area contributed by atoms with Crippen molar-refractivity contribution in [3.63, 3.8) is 0 Å². The Balaban J connectivity index is 1.37. The standard InChI is InChI=1S/C25H38O/c1-15(2)23-14-18-5-3-4-6-21(18)24-22(23)7-8-25(26-24)19-10-16-9-17(12-19)13-20(25)11-16/h7-8,15-24H,3-6,9-14H2,1-2H3. The second-order valence-corrected chi connectivity index (χ2v) is 11.5. The molecule has 1 aliphatic heterocycles. The van der Waals surface area contributed by atoms with Crippen LogP contribution in [0.5, 0.6) is 0 Å². The number of fused-ring (bicyclic) bond motifs is 3. The third-order valence-corrected chi connectivity index (χ3v) is 10.0. The van der Waals surface area contributed by atoms with Crippen molar-refractivity contribution in [1.82, 2.24) is 0 Å². The van der Waals surface area contributed by atoms with Gasteiger partial charge in [0.1, 0.15) is 0 Å². The Bertz CT molecular complexity index is 561. The third kappa shape index (κ3) is 2.25. The van der Waals surface area contributed by atoms with Crippen LogP contribution in [0, 0.1) is 53.3 Å². The molecule has 0 amide bonds. The smallest absolute Gasteiger partial charge is 0.0923 e. The maximum Gasteiger partial charge on any atom is 0.0923 e. The summed E-state index contributed by atoms with van der Waals surface area (Å²) in [6.45, 7) is 4.93. The number of rotatable bonds is 1. The fraction of sp³-hybridized carbons (Fsp3) is 0.920. The monoisotopic (exact) mass is 354 g/mol. The highest BCUT2D eigenvalue weighted by Gasteiger charge is 2.61. The molecular formula is C25H38O. The van der Waals surface area contributed by atoms with Crippen molar-refractivity contribution in [3.05, 3.63) is 12.2 Å². The first kappa shape index (κ1) is 16.6. The molecule has 5 atom stereocenters. The molecule has 0 aromatic rings. The van der Waals surface area contributed by atoms with Crippen LogP contribution in [-0.2, 0) is 4.74 Å². The molecular weight excluding hydrogens is 316 g/mol. The summed E-state index contributed by atoms with van der Waals surface area (Å²) in [5, 5.41) is 0. The number of hydrogen-bond donors (Lipinski definition) is 0. The molecule has 0 aromatic carbocycles. The molecule has 26 heavy (non-hydrogen) atoms. The van der Waals surface area contributed by atoms with Gasteiger partial charge in [-0.25, -0.2) is 0 Å². The lowest BCUT2D eigenvalue weighted by atomic mass is 9.48. The summed E-state index contributed by atoms with van der Waals surface area (Å²) in [6, 6.07) is 0. The molecule has 6 saturated carbocycles. The van der Waals surface area contributed by atoms with Gasteiger partial charge in [0, 0.05) is 5.92 Å². The first-order chi connectivity index (χ1) is 12.6. The van der Waals surface area contributed by atoms with Gasteiger partial charge in [0.15, 0.2) is 0 Å². The Morgan fingerprint density at radius 1 is 0.885 bits per heavy atom. The maximum atomic E-state index is 7.42. The highest BCUT2D eigenvalue weighted by atomic mass is 16.5. The van der Waals surface area contributed by atoms with Gasteiger partial charge >= 0.3 is 0 Å². The van der Waals surface area contributed by atoms with Crippen LogP contribution in [0.2, 0.25) is 0 Å². The van der Waals surface area contributed by atoms with E-state index in [9.17, 15) is 0 Å². The van der Waals surface area contributed by atoms with Gasteiger partial charge in [0.05, 0.1) is 11.7 Å². The van der Waals surface area contributed by atoms with Gasteiger partial charge in [0.25, 0.3) is 0 Å². The van der Waals surface area contributed by atoms with E-state index >= 15 is 0 Å². The van der Waals surface area contributed by atoms with Crippen molar-refractivity contribution in [2.24, 2.45) is 53.3 Å². The summed E-state index contributed by atoms with van der Waals surface area (Å²) < 4.78 is 7.42. The normalized spacial score (nSPS) is 57.4. The highest BCUT2D eigenvalue weighted by molar-refractivity contribution is 5.22. The molecule has 1 nitrogen and oxygen atoms in total. The molecule has 1 heteroatoms. The van der Waals surface area contributed by atoms with Gasteiger partial charge in [-0.3, -0.25) is 0 Å². The van der Waals surface area contributed by atoms with E-state index in [4.69, 9.17) is 4.74 Å². The van der Waals surface area contributed by atoms with Gasteiger partial charge in [-0.05, 0) is 92.3 Å². The van der Waals surface area contributed by atoms with E-state index in [1.807, 2.05) is 0 Å². The van der Waals surface area contributed by atoms with E-state index in [2.05, 4.69) is 26.0 Å². The zero-order valence-corrected chi connectivity index (χ0v) is 16.9. The van der Waals surface area contributed by atoms with Crippen LogP contribution >= 0.6 is 0 Å². The van der Waals surface area contributed by atoms with Crippen molar-refractivity contribution in [2.75, 3.05) is 0 Å². The fourth-order valence-corrected chi connectivity index (χ4v) is 9.05. The molecule has 6 aliphatic carbocycles. The molecule has 7 aliphatic rings. The Hall–Kier alpha value is -0.300. The van der Waals surface area contributed by atoms with Crippen LogP contribution in [0.3, 0.4) is 0 Å². The molecule has 1 heterocycles. The van der Waals surface area contributed by atoms with E-state index < -0.39 is 0 Å². The number of hydrogen-bond acceptors (Lipinski definition) is 1. The van der Waals surface area contributed by atoms with Crippen LogP contribution in [-0.4, -0.2) is 11.7 Å². The fourth-order valence-electron chi connectivity index (χ4n) is 9.05. The second-order valence-electron chi connectivity index (χ2n) is 11.5. The van der Waals surface area contributed by atoms with Gasteiger partial charge < -0.3 is 4.74 Å². The van der Waals surface area contributed by atoms with E-state index in [0.29, 0.717) is 12.0 Å². The Labute approximate surface area is 160 Å². The third-order valence-electron chi connectivity index (χ3n) is 10.0. The summed E-state index contributed by atoms with van der Waals surface area (Å²) in [7, 11) is 0. The predicted molar refractivity (Wildman–Crippen MR) is 106 cm³/mol. The average molecular weight is 355 g/mol. The summed E-state index contributed by atoms with van der Waals surface area (Å²) in [4.78, 5) is 0. The quantitative estimate of drug-likeness (QED) is 0.507. The first-order valence-electron chi connectivity index (χ1n) is 12.0. The molecule has 0 radical (unpaired) electrons. The van der Waals surface area contributed by atoms with Gasteiger partial charge in [-0.2, -0.15) is 0 Å². The Morgan fingerprint density at radius 3 is 2.27 bits per heavy atom. The van der Waals surface area contributed by atoms with E-state index in [1.165, 1.54) is 57.8 Å². The van der Waals surface area contributed by atoms with Crippen LogP contribution in [0.25, 0.3) is 0 Å². The summed E-state index contributed by atoms with van der Waals surface area (Å²) in [5.41, 5.74) is 0.148. The molecule has 144 valence electrons. The lowest BCUT2D eigenvalue weighted by Gasteiger charge is -2.64. The lowest BCUT2D eigenvalue weighted by Crippen LogP contribution is -2.63. The van der Waals surface area contributed by atoms with Gasteiger partial charge in [0.2, 0.25) is 0 Å². The van der Waals surface area contributed by atoms with E-state index in [1.54, 1.807) is 6.42 Å². The highest BCUT2D eigenvalue weighted by Crippen LogP contribution is 2.63. The first-order valence-corrected chi connectivity index (χ1v) is 12.0. The Kier molecular flexibility index (Phi) is 3.74. The van der Waals surface area contributed by atoms with Gasteiger partial charge in [-0.1, -0.05) is 45.3 Å². The van der Waals surface area contributed by atoms with Crippen molar-refractivity contribution in [3.8, 4) is 0 Å². The van der Waals surface area contributed by atoms with E-state index in [-0.39, 0.29) is 5.60 Å². The molecule has 0 saturated heterocycles. The molecule has 6 fully saturated rings. The van der Waals surface area contributed by atoms with Crippen molar-refractivity contribution >= 4 is 0 Å². The molecule has 5 unspecified atom stereocenters. The minimum absolute atomic E-state index is 0.148. The van der Waals surface area contributed by atoms with Crippen LogP contribution in [0.15, 0.2) is 12.2 Å². The zero-order chi connectivity index (χ0) is 17.5. The minimum Gasteiger partial charge on any atom is -0.366 e. The van der Waals surface area contributed by atoms with Crippen molar-refractivity contribution in [2.45, 2.75) is 89.8 Å². The second kappa shape index (κ2) is 5.85. The summed E-state index contributed by atoms with van der Waals surface area (Å²) in [5.74, 6) is 7.94. The Morgan fingerprint density at radius 2 is 1.58 bits per heavy atom. The maximum absolute atomic E-state index is 7.42. The molecule has 1 spiro atoms. The van der Waals surface area contributed by atoms with Gasteiger partial charge in [-0.15, -0.1) is 0 Å². The minimum atomic E-state index is 0.148. The number of ether oxygens (including phenoxy) is 1. The van der Waals surface area contributed by atoms with Crippen LogP contribution in [0.1, 0.15) is 78.1 Å². The van der Waals surface area contributed by atoms with Crippen LogP contribution in [0.4, 0.5) is 0 Å². The van der Waals surface area contributed by atoms with Crippen molar-refractivity contribution < 1.29 is 4.74 Å². The van der Waals surface area contributed by atoms with E-state index in [0.717, 1.165) is 47.3 Å². The molecule has 0 aromatic heterocycles. The lowest BCUT2D eigenvalue weighted by molar-refractivity contribution is -0.242. The average Bonchev–Trinajstić information content (AvgIpc) is 2.64.